The molecule has 0 aliphatic heterocycles. The number of benzene rings is 3. The highest BCUT2D eigenvalue weighted by Crippen LogP contribution is 2.29. The van der Waals surface area contributed by atoms with E-state index in [1.165, 1.54) is 25.3 Å². The van der Waals surface area contributed by atoms with Gasteiger partial charge < -0.3 is 33.7 Å². The quantitative estimate of drug-likeness (QED) is 0.0456. The van der Waals surface area contributed by atoms with Gasteiger partial charge in [0.25, 0.3) is 11.6 Å². The van der Waals surface area contributed by atoms with Crippen LogP contribution in [0.4, 0.5) is 5.69 Å². The zero-order valence-corrected chi connectivity index (χ0v) is 27.7. The van der Waals surface area contributed by atoms with Crippen LogP contribution < -0.4 is 24.3 Å². The molecule has 12 heteroatoms. The highest BCUT2D eigenvalue weighted by Gasteiger charge is 2.15. The second-order valence-electron chi connectivity index (χ2n) is 10.3. The Morgan fingerprint density at radius 1 is 0.740 bits per heavy atom. The molecule has 12 nitrogen and oxygen atoms in total. The van der Waals surface area contributed by atoms with Gasteiger partial charge in [0.15, 0.2) is 11.5 Å². The lowest BCUT2D eigenvalue weighted by Gasteiger charge is -2.11. The number of hydrogen-bond donors (Lipinski definition) is 1. The van der Waals surface area contributed by atoms with Crippen molar-refractivity contribution in [3.63, 3.8) is 0 Å². The highest BCUT2D eigenvalue weighted by molar-refractivity contribution is 6.04. The maximum atomic E-state index is 12.8. The molecule has 0 aromatic heterocycles. The van der Waals surface area contributed by atoms with Crippen LogP contribution in [-0.4, -0.2) is 57.4 Å². The first-order valence-corrected chi connectivity index (χ1v) is 15.6. The average molecular weight is 683 g/mol. The summed E-state index contributed by atoms with van der Waals surface area (Å²) in [5.74, 6) is -0.454. The molecule has 3 rings (SSSR count). The summed E-state index contributed by atoms with van der Waals surface area (Å²) in [5.41, 5.74) is 1.15. The van der Waals surface area contributed by atoms with Gasteiger partial charge in [0.1, 0.15) is 11.5 Å². The molecule has 0 aliphatic rings. The summed E-state index contributed by atoms with van der Waals surface area (Å²) in [6, 6.07) is 17.8. The van der Waals surface area contributed by atoms with Gasteiger partial charge in [-0.3, -0.25) is 9.59 Å². The second kappa shape index (κ2) is 20.8. The summed E-state index contributed by atoms with van der Waals surface area (Å²) >= 11 is 0. The molecule has 0 unspecified atom stereocenters. The molecule has 0 atom stereocenters. The monoisotopic (exact) mass is 682 g/mol. The largest absolute Gasteiger partial charge is 0.494 e. The maximum absolute atomic E-state index is 12.8. The van der Waals surface area contributed by atoms with Gasteiger partial charge in [0, 0.05) is 23.4 Å². The number of nitrogens with one attached hydrogen (secondary N) is 1. The molecular formula is C38H38N2O10. The fourth-order valence-corrected chi connectivity index (χ4v) is 4.10. The topological polar surface area (TPSA) is 140 Å². The van der Waals surface area contributed by atoms with Gasteiger partial charge in [-0.05, 0) is 98.0 Å². The molecule has 0 saturated heterocycles. The van der Waals surface area contributed by atoms with Gasteiger partial charge in [0.2, 0.25) is 0 Å². The first-order valence-electron chi connectivity index (χ1n) is 15.6. The van der Waals surface area contributed by atoms with Gasteiger partial charge in [-0.15, -0.1) is 0 Å². The third kappa shape index (κ3) is 13.0. The number of nitrogens with zero attached hydrogens (tertiary/aromatic N) is 1. The number of hydrogen-bond acceptors (Lipinski definition) is 10. The summed E-state index contributed by atoms with van der Waals surface area (Å²) in [7, 11) is 1.48. The minimum Gasteiger partial charge on any atom is -0.494 e. The number of unbranched alkanes of at least 4 members (excludes halogenated alkanes) is 2. The Kier molecular flexibility index (Phi) is 15.8. The normalized spacial score (nSPS) is 10.5. The number of carbonyl (C=O) groups excluding carboxylic acids is 4. The molecule has 0 aliphatic carbocycles. The minimum absolute atomic E-state index is 0.184. The van der Waals surface area contributed by atoms with E-state index in [-0.39, 0.29) is 24.0 Å². The van der Waals surface area contributed by atoms with E-state index in [1.807, 2.05) is 0 Å². The van der Waals surface area contributed by atoms with E-state index in [4.69, 9.17) is 35.0 Å². The molecule has 260 valence electrons. The number of methoxy groups -OCH3 is 1. The van der Waals surface area contributed by atoms with Crippen molar-refractivity contribution in [2.45, 2.75) is 25.7 Å². The molecule has 0 heterocycles. The average Bonchev–Trinajstić information content (AvgIpc) is 3.14. The SMILES string of the molecule is [C-]#[N+]/C(=C\c1ccc(OCCCCOC(=O)C=C)c(OC)c1)C(=O)Oc1ccc(NC(=O)c2ccc(OCCCCOC(=O)C=C)cc2)cc1. The maximum Gasteiger partial charge on any atom is 0.341 e. The lowest BCUT2D eigenvalue weighted by atomic mass is 10.1. The van der Waals surface area contributed by atoms with Crippen LogP contribution in [-0.2, 0) is 23.9 Å². The fraction of sp³-hybridized carbons (Fsp3) is 0.237. The van der Waals surface area contributed by atoms with E-state index in [1.54, 1.807) is 54.6 Å². The van der Waals surface area contributed by atoms with E-state index in [0.717, 1.165) is 12.2 Å². The number of esters is 3. The van der Waals surface area contributed by atoms with Crippen molar-refractivity contribution in [1.29, 1.82) is 0 Å². The molecule has 0 spiro atoms. The molecule has 3 aromatic carbocycles. The van der Waals surface area contributed by atoms with Crippen molar-refractivity contribution < 1.29 is 47.6 Å². The number of amides is 1. The Labute approximate surface area is 290 Å². The number of rotatable bonds is 20. The Morgan fingerprint density at radius 3 is 1.90 bits per heavy atom. The summed E-state index contributed by atoms with van der Waals surface area (Å²) in [6.07, 6.45) is 6.20. The van der Waals surface area contributed by atoms with Crippen LogP contribution in [0.1, 0.15) is 41.6 Å². The molecule has 0 radical (unpaired) electrons. The molecule has 1 amide bonds. The van der Waals surface area contributed by atoms with Crippen LogP contribution in [0, 0.1) is 6.57 Å². The number of carbonyl (C=O) groups is 4. The predicted molar refractivity (Wildman–Crippen MR) is 186 cm³/mol. The van der Waals surface area contributed by atoms with Crippen molar-refractivity contribution in [3.8, 4) is 23.0 Å². The highest BCUT2D eigenvalue weighted by atomic mass is 16.5. The zero-order chi connectivity index (χ0) is 36.1. The zero-order valence-electron chi connectivity index (χ0n) is 27.7. The van der Waals surface area contributed by atoms with Crippen molar-refractivity contribution in [2.75, 3.05) is 38.9 Å². The van der Waals surface area contributed by atoms with E-state index in [0.29, 0.717) is 79.6 Å². The smallest absolute Gasteiger partial charge is 0.341 e. The standard InChI is InChI=1S/C38H38N2O10/c1-5-35(41)48-23-9-7-21-46-30-16-12-28(13-17-30)37(43)40-29-14-18-31(19-15-29)50-38(44)32(39-3)25-27-11-20-33(34(26-27)45-4)47-22-8-10-24-49-36(42)6-2/h5-6,11-20,25-26H,1-2,7-10,21-24H2,4H3,(H,40,43)/b32-25-. The van der Waals surface area contributed by atoms with Crippen LogP contribution in [0.2, 0.25) is 0 Å². The van der Waals surface area contributed by atoms with Crippen LogP contribution in [0.3, 0.4) is 0 Å². The van der Waals surface area contributed by atoms with Crippen LogP contribution in [0.5, 0.6) is 23.0 Å². The summed E-state index contributed by atoms with van der Waals surface area (Å²) in [4.78, 5) is 51.0. The Hall–Kier alpha value is -6.35. The van der Waals surface area contributed by atoms with Crippen molar-refractivity contribution in [1.82, 2.24) is 0 Å². The Bertz CT molecular complexity index is 1710. The van der Waals surface area contributed by atoms with Gasteiger partial charge >= 0.3 is 17.9 Å². The van der Waals surface area contributed by atoms with E-state index < -0.39 is 17.9 Å². The number of ether oxygens (including phenoxy) is 6. The Morgan fingerprint density at radius 2 is 1.32 bits per heavy atom. The van der Waals surface area contributed by atoms with Crippen LogP contribution in [0.15, 0.2) is 97.7 Å². The molecule has 0 fully saturated rings. The second-order valence-corrected chi connectivity index (χ2v) is 10.3. The first-order chi connectivity index (χ1) is 24.3. The lowest BCUT2D eigenvalue weighted by molar-refractivity contribution is -0.138. The summed E-state index contributed by atoms with van der Waals surface area (Å²) in [5, 5.41) is 2.78. The fourth-order valence-electron chi connectivity index (χ4n) is 4.10. The van der Waals surface area contributed by atoms with Crippen molar-refractivity contribution >= 4 is 35.6 Å². The number of anilines is 1. The third-order valence-corrected chi connectivity index (χ3v) is 6.69. The third-order valence-electron chi connectivity index (χ3n) is 6.69. The van der Waals surface area contributed by atoms with E-state index in [9.17, 15) is 19.2 Å². The first kappa shape index (κ1) is 38.1. The summed E-state index contributed by atoms with van der Waals surface area (Å²) in [6.45, 7) is 15.5. The van der Waals surface area contributed by atoms with Crippen molar-refractivity contribution in [2.24, 2.45) is 0 Å². The molecular weight excluding hydrogens is 644 g/mol. The van der Waals surface area contributed by atoms with Crippen LogP contribution >= 0.6 is 0 Å². The molecule has 3 aromatic rings. The molecule has 50 heavy (non-hydrogen) atoms. The van der Waals surface area contributed by atoms with Gasteiger partial charge in [-0.2, -0.15) is 0 Å². The van der Waals surface area contributed by atoms with Gasteiger partial charge in [-0.1, -0.05) is 19.2 Å². The molecule has 1 N–H and O–H groups in total. The minimum atomic E-state index is -0.855. The molecule has 0 saturated carbocycles. The predicted octanol–water partition coefficient (Wildman–Crippen LogP) is 6.59. The molecule has 0 bridgehead atoms. The van der Waals surface area contributed by atoms with E-state index >= 15 is 0 Å². The van der Waals surface area contributed by atoms with Gasteiger partial charge in [0.05, 0.1) is 40.1 Å². The lowest BCUT2D eigenvalue weighted by Crippen LogP contribution is -2.12. The van der Waals surface area contributed by atoms with E-state index in [2.05, 4.69) is 23.3 Å². The summed E-state index contributed by atoms with van der Waals surface area (Å²) < 4.78 is 32.1. The Balaban J connectivity index is 1.48. The van der Waals surface area contributed by atoms with Crippen LogP contribution in [0.25, 0.3) is 10.9 Å². The van der Waals surface area contributed by atoms with Crippen molar-refractivity contribution in [3.05, 3.63) is 120 Å². The van der Waals surface area contributed by atoms with Gasteiger partial charge in [-0.25, -0.2) is 14.4 Å².